The third-order valence-corrected chi connectivity index (χ3v) is 4.01. The highest BCUT2D eigenvalue weighted by Crippen LogP contribution is 2.27. The summed E-state index contributed by atoms with van der Waals surface area (Å²) in [6.07, 6.45) is 6.12. The maximum atomic E-state index is 12.2. The smallest absolute Gasteiger partial charge is 0.136 e. The zero-order valence-corrected chi connectivity index (χ0v) is 11.6. The van der Waals surface area contributed by atoms with Crippen LogP contribution in [0.15, 0.2) is 24.3 Å². The monoisotopic (exact) mass is 244 g/mol. The lowest BCUT2D eigenvalue weighted by Crippen LogP contribution is -2.22. The predicted octanol–water partition coefficient (Wildman–Crippen LogP) is 4.19. The van der Waals surface area contributed by atoms with Crippen molar-refractivity contribution in [3.05, 3.63) is 35.4 Å². The second kappa shape index (κ2) is 6.17. The summed E-state index contributed by atoms with van der Waals surface area (Å²) in [6.45, 7) is 4.45. The van der Waals surface area contributed by atoms with Crippen LogP contribution in [0.1, 0.15) is 50.7 Å². The first-order valence-corrected chi connectivity index (χ1v) is 7.26. The number of carbonyl (C=O) groups is 1. The fraction of sp³-hybridized carbons (Fsp3) is 0.588. The van der Waals surface area contributed by atoms with Gasteiger partial charge in [-0.3, -0.25) is 4.79 Å². The molecular weight excluding hydrogens is 220 g/mol. The second-order valence-corrected chi connectivity index (χ2v) is 5.96. The van der Waals surface area contributed by atoms with Crippen LogP contribution in [0, 0.1) is 11.8 Å². The topological polar surface area (TPSA) is 17.1 Å². The quantitative estimate of drug-likeness (QED) is 0.759. The molecule has 1 aliphatic carbocycles. The molecule has 0 aliphatic heterocycles. The van der Waals surface area contributed by atoms with Crippen molar-refractivity contribution in [3.8, 4) is 0 Å². The second-order valence-electron chi connectivity index (χ2n) is 5.96. The van der Waals surface area contributed by atoms with E-state index in [4.69, 9.17) is 0 Å². The third-order valence-electron chi connectivity index (χ3n) is 4.01. The summed E-state index contributed by atoms with van der Waals surface area (Å²) >= 11 is 0. The molecule has 1 atom stereocenters. The Kier molecular flexibility index (Phi) is 4.57. The van der Waals surface area contributed by atoms with E-state index in [1.807, 2.05) is 0 Å². The van der Waals surface area contributed by atoms with E-state index in [0.29, 0.717) is 11.7 Å². The van der Waals surface area contributed by atoms with Crippen LogP contribution in [0.5, 0.6) is 0 Å². The van der Waals surface area contributed by atoms with E-state index in [9.17, 15) is 4.79 Å². The molecule has 98 valence electrons. The van der Waals surface area contributed by atoms with Gasteiger partial charge in [-0.2, -0.15) is 0 Å². The van der Waals surface area contributed by atoms with Crippen molar-refractivity contribution in [1.82, 2.24) is 0 Å². The summed E-state index contributed by atoms with van der Waals surface area (Å²) in [4.78, 5) is 12.2. The predicted molar refractivity (Wildman–Crippen MR) is 75.7 cm³/mol. The van der Waals surface area contributed by atoms with Gasteiger partial charge in [0.15, 0.2) is 0 Å². The standard InChI is InChI=1S/C17H24O/c1-13(2)6-5-9-17(18)16-11-10-14-7-3-4-8-15(14)12-16/h3-4,7-8,13,16H,5-6,9-12H2,1-2H3. The third kappa shape index (κ3) is 3.44. The lowest BCUT2D eigenvalue weighted by Gasteiger charge is -2.23. The van der Waals surface area contributed by atoms with Crippen LogP contribution in [0.4, 0.5) is 0 Å². The van der Waals surface area contributed by atoms with Gasteiger partial charge in [-0.15, -0.1) is 0 Å². The van der Waals surface area contributed by atoms with E-state index in [1.54, 1.807) is 0 Å². The average Bonchev–Trinajstić information content (AvgIpc) is 2.37. The molecule has 1 aromatic rings. The highest BCUT2D eigenvalue weighted by atomic mass is 16.1. The lowest BCUT2D eigenvalue weighted by atomic mass is 9.80. The van der Waals surface area contributed by atoms with Gasteiger partial charge in [0.25, 0.3) is 0 Å². The molecule has 18 heavy (non-hydrogen) atoms. The van der Waals surface area contributed by atoms with E-state index >= 15 is 0 Å². The van der Waals surface area contributed by atoms with E-state index in [0.717, 1.165) is 32.1 Å². The van der Waals surface area contributed by atoms with Gasteiger partial charge in [0, 0.05) is 12.3 Å². The normalized spacial score (nSPS) is 18.7. The van der Waals surface area contributed by atoms with Gasteiger partial charge in [-0.05, 0) is 42.7 Å². The minimum absolute atomic E-state index is 0.284. The van der Waals surface area contributed by atoms with Gasteiger partial charge in [0.1, 0.15) is 5.78 Å². The van der Waals surface area contributed by atoms with Crippen molar-refractivity contribution in [2.24, 2.45) is 11.8 Å². The van der Waals surface area contributed by atoms with Crippen molar-refractivity contribution in [1.29, 1.82) is 0 Å². The molecule has 2 rings (SSSR count). The summed E-state index contributed by atoms with van der Waals surface area (Å²) in [7, 11) is 0. The number of aryl methyl sites for hydroxylation is 1. The average molecular weight is 244 g/mol. The molecule has 0 saturated carbocycles. The Balaban J connectivity index is 1.87. The van der Waals surface area contributed by atoms with Gasteiger partial charge in [-0.25, -0.2) is 0 Å². The molecule has 0 amide bonds. The number of hydrogen-bond donors (Lipinski definition) is 0. The minimum Gasteiger partial charge on any atom is -0.299 e. The van der Waals surface area contributed by atoms with E-state index < -0.39 is 0 Å². The van der Waals surface area contributed by atoms with Crippen LogP contribution in [-0.4, -0.2) is 5.78 Å². The fourth-order valence-corrected chi connectivity index (χ4v) is 2.86. The lowest BCUT2D eigenvalue weighted by molar-refractivity contribution is -0.123. The Morgan fingerprint density at radius 2 is 2.00 bits per heavy atom. The van der Waals surface area contributed by atoms with Gasteiger partial charge in [0.2, 0.25) is 0 Å². The largest absolute Gasteiger partial charge is 0.299 e. The van der Waals surface area contributed by atoms with Crippen molar-refractivity contribution in [2.45, 2.75) is 52.4 Å². The zero-order valence-electron chi connectivity index (χ0n) is 11.6. The molecule has 0 aromatic heterocycles. The summed E-state index contributed by atoms with van der Waals surface area (Å²) in [5.41, 5.74) is 2.84. The maximum absolute atomic E-state index is 12.2. The molecule has 0 fully saturated rings. The number of hydrogen-bond acceptors (Lipinski definition) is 1. The molecule has 1 unspecified atom stereocenters. The van der Waals surface area contributed by atoms with Crippen molar-refractivity contribution in [2.75, 3.05) is 0 Å². The summed E-state index contributed by atoms with van der Waals surface area (Å²) in [5, 5.41) is 0. The van der Waals surface area contributed by atoms with Gasteiger partial charge in [0.05, 0.1) is 0 Å². The summed E-state index contributed by atoms with van der Waals surface area (Å²) in [5.74, 6) is 1.49. The Morgan fingerprint density at radius 3 is 2.72 bits per heavy atom. The number of Topliss-reactive ketones (excluding diaryl/α,β-unsaturated/α-hetero) is 1. The molecule has 0 N–H and O–H groups in total. The van der Waals surface area contributed by atoms with Crippen LogP contribution >= 0.6 is 0 Å². The van der Waals surface area contributed by atoms with Gasteiger partial charge < -0.3 is 0 Å². The minimum atomic E-state index is 0.284. The highest BCUT2D eigenvalue weighted by molar-refractivity contribution is 5.81. The molecular formula is C17H24O. The Bertz CT molecular complexity index is 406. The van der Waals surface area contributed by atoms with Crippen LogP contribution in [0.25, 0.3) is 0 Å². The van der Waals surface area contributed by atoms with Crippen molar-refractivity contribution < 1.29 is 4.79 Å². The molecule has 1 aromatic carbocycles. The first-order chi connectivity index (χ1) is 8.66. The molecule has 1 nitrogen and oxygen atoms in total. The number of ketones is 1. The Hall–Kier alpha value is -1.11. The van der Waals surface area contributed by atoms with E-state index in [1.165, 1.54) is 17.5 Å². The molecule has 0 bridgehead atoms. The van der Waals surface area contributed by atoms with E-state index in [-0.39, 0.29) is 5.92 Å². The number of fused-ring (bicyclic) bond motifs is 1. The maximum Gasteiger partial charge on any atom is 0.136 e. The first-order valence-electron chi connectivity index (χ1n) is 7.26. The van der Waals surface area contributed by atoms with Gasteiger partial charge >= 0.3 is 0 Å². The zero-order chi connectivity index (χ0) is 13.0. The Morgan fingerprint density at radius 1 is 1.28 bits per heavy atom. The summed E-state index contributed by atoms with van der Waals surface area (Å²) in [6, 6.07) is 8.58. The summed E-state index contributed by atoms with van der Waals surface area (Å²) < 4.78 is 0. The van der Waals surface area contributed by atoms with Crippen molar-refractivity contribution >= 4 is 5.78 Å². The first kappa shape index (κ1) is 13.3. The van der Waals surface area contributed by atoms with Crippen LogP contribution < -0.4 is 0 Å². The van der Waals surface area contributed by atoms with Crippen LogP contribution in [-0.2, 0) is 17.6 Å². The molecule has 0 spiro atoms. The molecule has 0 radical (unpaired) electrons. The molecule has 0 saturated heterocycles. The van der Waals surface area contributed by atoms with Crippen LogP contribution in [0.3, 0.4) is 0 Å². The van der Waals surface area contributed by atoms with Crippen molar-refractivity contribution in [3.63, 3.8) is 0 Å². The number of rotatable bonds is 5. The number of benzene rings is 1. The van der Waals surface area contributed by atoms with Crippen LogP contribution in [0.2, 0.25) is 0 Å². The van der Waals surface area contributed by atoms with Gasteiger partial charge in [-0.1, -0.05) is 44.5 Å². The fourth-order valence-electron chi connectivity index (χ4n) is 2.86. The molecule has 1 aliphatic rings. The highest BCUT2D eigenvalue weighted by Gasteiger charge is 2.23. The molecule has 0 heterocycles. The SMILES string of the molecule is CC(C)CCCC(=O)C1CCc2ccccc2C1. The van der Waals surface area contributed by atoms with E-state index in [2.05, 4.69) is 38.1 Å². The number of carbonyl (C=O) groups excluding carboxylic acids is 1. The Labute approximate surface area is 111 Å². The molecule has 1 heteroatoms.